The molecule has 2 heteroatoms. The molecule has 0 saturated heterocycles. The van der Waals surface area contributed by atoms with E-state index in [1.54, 1.807) is 0 Å². The lowest BCUT2D eigenvalue weighted by molar-refractivity contribution is 1.18. The molecule has 0 N–H and O–H groups in total. The molecule has 70 heavy (non-hydrogen) atoms. The van der Waals surface area contributed by atoms with E-state index in [4.69, 9.17) is 0 Å². The Hall–Kier alpha value is -9.24. The standard InChI is InChI=1S/C68H46N2/c1-3-15-47(16-4-1)48-29-31-49(32-30-48)50-35-40-57(41-36-50)69(58-42-37-52(38-43-58)62-25-14-20-53-19-13-24-61(68(53)62)51-17-5-2-6-18-51)59-44-39-54-45-56(34-33-55(54)46-59)60-21-7-10-26-65(60)70-66-27-11-8-22-63(66)64-23-9-12-28-67(64)70/h1-46H. The van der Waals surface area contributed by atoms with Gasteiger partial charge in [0, 0.05) is 33.4 Å². The molecular formula is C68H46N2. The van der Waals surface area contributed by atoms with E-state index in [0.29, 0.717) is 0 Å². The van der Waals surface area contributed by atoms with Gasteiger partial charge in [0.15, 0.2) is 0 Å². The molecule has 0 aliphatic rings. The highest BCUT2D eigenvalue weighted by molar-refractivity contribution is 6.10. The third kappa shape index (κ3) is 7.31. The third-order valence-corrected chi connectivity index (χ3v) is 14.0. The number of nitrogens with zero attached hydrogens (tertiary/aromatic N) is 2. The molecule has 0 aliphatic carbocycles. The predicted octanol–water partition coefficient (Wildman–Crippen LogP) is 18.9. The van der Waals surface area contributed by atoms with Gasteiger partial charge in [0.1, 0.15) is 0 Å². The molecule has 0 spiro atoms. The highest BCUT2D eigenvalue weighted by Gasteiger charge is 2.18. The van der Waals surface area contributed by atoms with E-state index >= 15 is 0 Å². The third-order valence-electron chi connectivity index (χ3n) is 14.0. The second kappa shape index (κ2) is 17.4. The van der Waals surface area contributed by atoms with Gasteiger partial charge >= 0.3 is 0 Å². The second-order valence-electron chi connectivity index (χ2n) is 18.1. The van der Waals surface area contributed by atoms with Crippen LogP contribution in [0.4, 0.5) is 17.1 Å². The predicted molar refractivity (Wildman–Crippen MR) is 298 cm³/mol. The molecule has 13 aromatic rings. The zero-order valence-corrected chi connectivity index (χ0v) is 38.5. The molecule has 12 aromatic carbocycles. The van der Waals surface area contributed by atoms with E-state index in [1.165, 1.54) is 105 Å². The van der Waals surface area contributed by atoms with Crippen molar-refractivity contribution in [1.29, 1.82) is 0 Å². The summed E-state index contributed by atoms with van der Waals surface area (Å²) in [7, 11) is 0. The monoisotopic (exact) mass is 890 g/mol. The van der Waals surface area contributed by atoms with Gasteiger partial charge in [-0.1, -0.05) is 218 Å². The quantitative estimate of drug-likeness (QED) is 0.140. The van der Waals surface area contributed by atoms with Crippen LogP contribution in [0.1, 0.15) is 0 Å². The minimum atomic E-state index is 1.09. The van der Waals surface area contributed by atoms with Crippen LogP contribution in [0.3, 0.4) is 0 Å². The SMILES string of the molecule is c1ccc(-c2ccc(-c3ccc(N(c4ccc(-c5cccc6cccc(-c7ccccc7)c56)cc4)c4ccc5cc(-c6ccccc6-n6c7ccccc7c7ccccc76)ccc5c4)cc3)cc2)cc1. The fourth-order valence-electron chi connectivity index (χ4n) is 10.6. The number of hydrogen-bond donors (Lipinski definition) is 0. The molecule has 0 aliphatic heterocycles. The van der Waals surface area contributed by atoms with Crippen molar-refractivity contribution in [3.63, 3.8) is 0 Å². The first-order valence-corrected chi connectivity index (χ1v) is 24.1. The molecule has 0 radical (unpaired) electrons. The van der Waals surface area contributed by atoms with Crippen molar-refractivity contribution in [2.45, 2.75) is 0 Å². The molecule has 2 nitrogen and oxygen atoms in total. The highest BCUT2D eigenvalue weighted by atomic mass is 15.1. The summed E-state index contributed by atoms with van der Waals surface area (Å²) < 4.78 is 2.42. The van der Waals surface area contributed by atoms with Gasteiger partial charge in [-0.15, -0.1) is 0 Å². The number of anilines is 3. The van der Waals surface area contributed by atoms with Crippen molar-refractivity contribution >= 4 is 60.4 Å². The van der Waals surface area contributed by atoms with E-state index in [0.717, 1.165) is 17.1 Å². The van der Waals surface area contributed by atoms with Crippen LogP contribution in [0, 0.1) is 0 Å². The van der Waals surface area contributed by atoms with Crippen LogP contribution in [0.5, 0.6) is 0 Å². The number of para-hydroxylation sites is 3. The van der Waals surface area contributed by atoms with Gasteiger partial charge in [0.25, 0.3) is 0 Å². The van der Waals surface area contributed by atoms with Crippen LogP contribution in [0.2, 0.25) is 0 Å². The van der Waals surface area contributed by atoms with Crippen LogP contribution >= 0.6 is 0 Å². The number of aromatic nitrogens is 1. The lowest BCUT2D eigenvalue weighted by atomic mass is 9.91. The van der Waals surface area contributed by atoms with Crippen LogP contribution in [0.15, 0.2) is 279 Å². The summed E-state index contributed by atoms with van der Waals surface area (Å²) in [5, 5.41) is 7.38. The summed E-state index contributed by atoms with van der Waals surface area (Å²) in [4.78, 5) is 2.38. The van der Waals surface area contributed by atoms with E-state index in [-0.39, 0.29) is 0 Å². The Morgan fingerprint density at radius 1 is 0.243 bits per heavy atom. The molecule has 13 rings (SSSR count). The van der Waals surface area contributed by atoms with Crippen LogP contribution in [-0.4, -0.2) is 4.57 Å². The average molecular weight is 891 g/mol. The van der Waals surface area contributed by atoms with Gasteiger partial charge in [0.2, 0.25) is 0 Å². The average Bonchev–Trinajstić information content (AvgIpc) is 3.78. The fraction of sp³-hybridized carbons (Fsp3) is 0. The Morgan fingerprint density at radius 2 is 0.657 bits per heavy atom. The smallest absolute Gasteiger partial charge is 0.0541 e. The van der Waals surface area contributed by atoms with E-state index < -0.39 is 0 Å². The summed E-state index contributed by atoms with van der Waals surface area (Å²) >= 11 is 0. The van der Waals surface area contributed by atoms with Gasteiger partial charge in [-0.2, -0.15) is 0 Å². The normalized spacial score (nSPS) is 11.4. The topological polar surface area (TPSA) is 8.17 Å². The number of fused-ring (bicyclic) bond motifs is 5. The highest BCUT2D eigenvalue weighted by Crippen LogP contribution is 2.42. The summed E-state index contributed by atoms with van der Waals surface area (Å²) in [5.41, 5.74) is 18.9. The summed E-state index contributed by atoms with van der Waals surface area (Å²) in [6, 6.07) is 102. The second-order valence-corrected chi connectivity index (χ2v) is 18.1. The zero-order chi connectivity index (χ0) is 46.4. The van der Waals surface area contributed by atoms with Crippen LogP contribution in [0.25, 0.3) is 105 Å². The Balaban J connectivity index is 0.893. The van der Waals surface area contributed by atoms with Crippen molar-refractivity contribution in [3.8, 4) is 61.3 Å². The molecule has 0 atom stereocenters. The molecule has 0 unspecified atom stereocenters. The largest absolute Gasteiger partial charge is 0.310 e. The van der Waals surface area contributed by atoms with Gasteiger partial charge in [0.05, 0.1) is 16.7 Å². The maximum Gasteiger partial charge on any atom is 0.0541 e. The fourth-order valence-corrected chi connectivity index (χ4v) is 10.6. The minimum Gasteiger partial charge on any atom is -0.310 e. The molecule has 1 aromatic heterocycles. The minimum absolute atomic E-state index is 1.09. The number of benzene rings is 12. The van der Waals surface area contributed by atoms with Gasteiger partial charge in [-0.25, -0.2) is 0 Å². The van der Waals surface area contributed by atoms with Crippen molar-refractivity contribution in [1.82, 2.24) is 4.57 Å². The van der Waals surface area contributed by atoms with Crippen LogP contribution in [-0.2, 0) is 0 Å². The van der Waals surface area contributed by atoms with Crippen molar-refractivity contribution in [3.05, 3.63) is 279 Å². The van der Waals surface area contributed by atoms with Crippen molar-refractivity contribution in [2.75, 3.05) is 4.90 Å². The molecule has 0 fully saturated rings. The first kappa shape index (κ1) is 41.0. The molecule has 1 heterocycles. The lowest BCUT2D eigenvalue weighted by Crippen LogP contribution is -2.09. The molecule has 328 valence electrons. The maximum atomic E-state index is 2.42. The Labute approximate surface area is 408 Å². The van der Waals surface area contributed by atoms with E-state index in [2.05, 4.69) is 289 Å². The van der Waals surface area contributed by atoms with Gasteiger partial charge < -0.3 is 9.47 Å². The van der Waals surface area contributed by atoms with E-state index in [1.807, 2.05) is 0 Å². The van der Waals surface area contributed by atoms with Crippen molar-refractivity contribution < 1.29 is 0 Å². The zero-order valence-electron chi connectivity index (χ0n) is 38.5. The molecule has 0 amide bonds. The molecule has 0 saturated carbocycles. The summed E-state index contributed by atoms with van der Waals surface area (Å²) in [6.07, 6.45) is 0. The first-order valence-electron chi connectivity index (χ1n) is 24.1. The Bertz CT molecular complexity index is 3960. The number of rotatable bonds is 9. The summed E-state index contributed by atoms with van der Waals surface area (Å²) in [5.74, 6) is 0. The lowest BCUT2D eigenvalue weighted by Gasteiger charge is -2.26. The summed E-state index contributed by atoms with van der Waals surface area (Å²) in [6.45, 7) is 0. The Kier molecular flexibility index (Phi) is 10.2. The van der Waals surface area contributed by atoms with Gasteiger partial charge in [-0.05, 0) is 132 Å². The van der Waals surface area contributed by atoms with Gasteiger partial charge in [-0.3, -0.25) is 0 Å². The number of hydrogen-bond acceptors (Lipinski definition) is 1. The van der Waals surface area contributed by atoms with E-state index in [9.17, 15) is 0 Å². The molecular weight excluding hydrogens is 845 g/mol. The van der Waals surface area contributed by atoms with Crippen LogP contribution < -0.4 is 4.90 Å². The van der Waals surface area contributed by atoms with Crippen molar-refractivity contribution in [2.24, 2.45) is 0 Å². The molecule has 0 bridgehead atoms. The maximum absolute atomic E-state index is 2.42. The first-order chi connectivity index (χ1) is 34.7. The Morgan fingerprint density at radius 3 is 1.27 bits per heavy atom.